The monoisotopic (exact) mass is 336 g/mol. The summed E-state index contributed by atoms with van der Waals surface area (Å²) in [7, 11) is 0. The van der Waals surface area contributed by atoms with E-state index in [0.717, 1.165) is 24.8 Å². The van der Waals surface area contributed by atoms with Crippen LogP contribution in [0.5, 0.6) is 0 Å². The number of anilines is 1. The largest absolute Gasteiger partial charge is 0.399 e. The van der Waals surface area contributed by atoms with E-state index in [2.05, 4.69) is 44.4 Å². The molecule has 0 radical (unpaired) electrons. The molecule has 1 heterocycles. The summed E-state index contributed by atoms with van der Waals surface area (Å²) in [6.45, 7) is 2.01. The molecule has 2 nitrogen and oxygen atoms in total. The van der Waals surface area contributed by atoms with E-state index in [1.807, 2.05) is 23.5 Å². The standard InChI is InChI=1S/C15H17BrN2S/c16-14-6-7-19-15(14)10-18(13-4-5-13)9-11-2-1-3-12(17)8-11/h1-3,6-8,13H,4-5,9-10,17H2. The van der Waals surface area contributed by atoms with E-state index >= 15 is 0 Å². The molecule has 4 heteroatoms. The summed E-state index contributed by atoms with van der Waals surface area (Å²) >= 11 is 5.45. The fourth-order valence-corrected chi connectivity index (χ4v) is 3.80. The lowest BCUT2D eigenvalue weighted by molar-refractivity contribution is 0.247. The van der Waals surface area contributed by atoms with Crippen LogP contribution in [0.1, 0.15) is 23.3 Å². The molecular weight excluding hydrogens is 320 g/mol. The zero-order valence-corrected chi connectivity index (χ0v) is 13.1. The van der Waals surface area contributed by atoms with Gasteiger partial charge in [0.25, 0.3) is 0 Å². The van der Waals surface area contributed by atoms with Crippen molar-refractivity contribution < 1.29 is 0 Å². The number of thiophene rings is 1. The van der Waals surface area contributed by atoms with Gasteiger partial charge in [-0.3, -0.25) is 4.90 Å². The Labute approximate surface area is 126 Å². The van der Waals surface area contributed by atoms with Crippen molar-refractivity contribution in [2.75, 3.05) is 5.73 Å². The van der Waals surface area contributed by atoms with Crippen LogP contribution in [0.3, 0.4) is 0 Å². The predicted octanol–water partition coefficient (Wildman–Crippen LogP) is 4.26. The predicted molar refractivity (Wildman–Crippen MR) is 85.1 cm³/mol. The molecule has 100 valence electrons. The Balaban J connectivity index is 1.73. The second kappa shape index (κ2) is 5.65. The summed E-state index contributed by atoms with van der Waals surface area (Å²) in [5, 5.41) is 2.14. The topological polar surface area (TPSA) is 29.3 Å². The van der Waals surface area contributed by atoms with Crippen molar-refractivity contribution in [1.29, 1.82) is 0 Å². The second-order valence-electron chi connectivity index (χ2n) is 5.07. The molecule has 1 saturated carbocycles. The quantitative estimate of drug-likeness (QED) is 0.826. The van der Waals surface area contributed by atoms with E-state index in [-0.39, 0.29) is 0 Å². The lowest BCUT2D eigenvalue weighted by Crippen LogP contribution is -2.24. The smallest absolute Gasteiger partial charge is 0.0345 e. The Morgan fingerprint density at radius 2 is 2.11 bits per heavy atom. The zero-order chi connectivity index (χ0) is 13.2. The maximum atomic E-state index is 5.86. The average molecular weight is 337 g/mol. The maximum absolute atomic E-state index is 5.86. The van der Waals surface area contributed by atoms with Gasteiger partial charge in [0.2, 0.25) is 0 Å². The molecule has 0 atom stereocenters. The highest BCUT2D eigenvalue weighted by Crippen LogP contribution is 2.33. The first-order valence-corrected chi connectivity index (χ1v) is 8.20. The van der Waals surface area contributed by atoms with Crippen LogP contribution in [0.2, 0.25) is 0 Å². The molecule has 0 unspecified atom stereocenters. The number of halogens is 1. The van der Waals surface area contributed by atoms with Crippen molar-refractivity contribution in [2.24, 2.45) is 0 Å². The number of hydrogen-bond acceptors (Lipinski definition) is 3. The minimum Gasteiger partial charge on any atom is -0.399 e. The minimum atomic E-state index is 0.746. The summed E-state index contributed by atoms with van der Waals surface area (Å²) in [4.78, 5) is 3.97. The van der Waals surface area contributed by atoms with Crippen LogP contribution < -0.4 is 5.73 Å². The van der Waals surface area contributed by atoms with Gasteiger partial charge in [0, 0.05) is 34.2 Å². The SMILES string of the molecule is Nc1cccc(CN(Cc2sccc2Br)C2CC2)c1. The van der Waals surface area contributed by atoms with Gasteiger partial charge in [0.1, 0.15) is 0 Å². The maximum Gasteiger partial charge on any atom is 0.0345 e. The Bertz CT molecular complexity index is 563. The molecule has 19 heavy (non-hydrogen) atoms. The van der Waals surface area contributed by atoms with Gasteiger partial charge in [0.05, 0.1) is 0 Å². The number of nitrogen functional groups attached to an aromatic ring is 1. The molecule has 3 rings (SSSR count). The molecule has 1 aromatic carbocycles. The Morgan fingerprint density at radius 1 is 1.26 bits per heavy atom. The number of rotatable bonds is 5. The molecule has 0 spiro atoms. The normalized spacial score (nSPS) is 15.1. The van der Waals surface area contributed by atoms with Gasteiger partial charge < -0.3 is 5.73 Å². The summed E-state index contributed by atoms with van der Waals surface area (Å²) < 4.78 is 1.23. The van der Waals surface area contributed by atoms with E-state index in [4.69, 9.17) is 5.73 Å². The van der Waals surface area contributed by atoms with E-state index in [0.29, 0.717) is 0 Å². The third-order valence-electron chi connectivity index (χ3n) is 3.44. The van der Waals surface area contributed by atoms with Crippen LogP contribution in [0.25, 0.3) is 0 Å². The molecule has 0 aliphatic heterocycles. The van der Waals surface area contributed by atoms with Gasteiger partial charge in [-0.05, 0) is 57.9 Å². The Kier molecular flexibility index (Phi) is 3.91. The lowest BCUT2D eigenvalue weighted by Gasteiger charge is -2.21. The number of hydrogen-bond donors (Lipinski definition) is 1. The van der Waals surface area contributed by atoms with Gasteiger partial charge in [0.15, 0.2) is 0 Å². The highest BCUT2D eigenvalue weighted by atomic mass is 79.9. The zero-order valence-electron chi connectivity index (χ0n) is 10.7. The van der Waals surface area contributed by atoms with Crippen LogP contribution in [0.15, 0.2) is 40.2 Å². The van der Waals surface area contributed by atoms with Crippen molar-refractivity contribution in [1.82, 2.24) is 4.90 Å². The molecule has 0 bridgehead atoms. The highest BCUT2D eigenvalue weighted by molar-refractivity contribution is 9.10. The van der Waals surface area contributed by atoms with Crippen LogP contribution in [-0.4, -0.2) is 10.9 Å². The molecule has 0 saturated heterocycles. The molecule has 1 aliphatic rings. The third-order valence-corrected chi connectivity index (χ3v) is 5.35. The van der Waals surface area contributed by atoms with Gasteiger partial charge >= 0.3 is 0 Å². The average Bonchev–Trinajstić information content (AvgIpc) is 3.14. The third kappa shape index (κ3) is 3.38. The van der Waals surface area contributed by atoms with Gasteiger partial charge in [-0.1, -0.05) is 12.1 Å². The summed E-state index contributed by atoms with van der Waals surface area (Å²) in [6, 6.07) is 11.1. The van der Waals surface area contributed by atoms with Gasteiger partial charge in [-0.25, -0.2) is 0 Å². The summed E-state index contributed by atoms with van der Waals surface area (Å²) in [5.74, 6) is 0. The van der Waals surface area contributed by atoms with Crippen molar-refractivity contribution >= 4 is 33.0 Å². The molecular formula is C15H17BrN2S. The molecule has 1 fully saturated rings. The Morgan fingerprint density at radius 3 is 2.74 bits per heavy atom. The number of benzene rings is 1. The summed E-state index contributed by atoms with van der Waals surface area (Å²) in [6.07, 6.45) is 2.65. The van der Waals surface area contributed by atoms with Crippen molar-refractivity contribution in [3.8, 4) is 0 Å². The first-order valence-electron chi connectivity index (χ1n) is 6.53. The Hall–Kier alpha value is -0.840. The van der Waals surface area contributed by atoms with Gasteiger partial charge in [-0.15, -0.1) is 11.3 Å². The van der Waals surface area contributed by atoms with Crippen molar-refractivity contribution in [3.05, 3.63) is 50.6 Å². The first-order chi connectivity index (χ1) is 9.22. The fourth-order valence-electron chi connectivity index (χ4n) is 2.30. The lowest BCUT2D eigenvalue weighted by atomic mass is 10.2. The van der Waals surface area contributed by atoms with Crippen LogP contribution >= 0.6 is 27.3 Å². The van der Waals surface area contributed by atoms with Crippen molar-refractivity contribution in [2.45, 2.75) is 32.0 Å². The molecule has 2 N–H and O–H groups in total. The molecule has 1 aromatic heterocycles. The van der Waals surface area contributed by atoms with E-state index in [1.165, 1.54) is 27.8 Å². The second-order valence-corrected chi connectivity index (χ2v) is 6.93. The highest BCUT2D eigenvalue weighted by Gasteiger charge is 2.29. The van der Waals surface area contributed by atoms with E-state index in [9.17, 15) is 0 Å². The number of nitrogens with two attached hydrogens (primary N) is 1. The molecule has 0 amide bonds. The summed E-state index contributed by atoms with van der Waals surface area (Å²) in [5.41, 5.74) is 8.02. The van der Waals surface area contributed by atoms with Crippen LogP contribution in [-0.2, 0) is 13.1 Å². The molecule has 2 aromatic rings. The van der Waals surface area contributed by atoms with Crippen LogP contribution in [0.4, 0.5) is 5.69 Å². The van der Waals surface area contributed by atoms with Crippen LogP contribution in [0, 0.1) is 0 Å². The van der Waals surface area contributed by atoms with Gasteiger partial charge in [-0.2, -0.15) is 0 Å². The van der Waals surface area contributed by atoms with E-state index in [1.54, 1.807) is 0 Å². The number of nitrogens with zero attached hydrogens (tertiary/aromatic N) is 1. The fraction of sp³-hybridized carbons (Fsp3) is 0.333. The first kappa shape index (κ1) is 13.2. The minimum absolute atomic E-state index is 0.746. The van der Waals surface area contributed by atoms with E-state index < -0.39 is 0 Å². The molecule has 1 aliphatic carbocycles. The van der Waals surface area contributed by atoms with Crippen molar-refractivity contribution in [3.63, 3.8) is 0 Å².